The third-order valence-corrected chi connectivity index (χ3v) is 5.09. The van der Waals surface area contributed by atoms with Gasteiger partial charge in [0.25, 0.3) is 5.91 Å². The molecule has 6 nitrogen and oxygen atoms in total. The number of rotatable bonds is 3. The number of carbonyl (C=O) groups excluding carboxylic acids is 2. The van der Waals surface area contributed by atoms with E-state index in [1.807, 2.05) is 18.2 Å². The van der Waals surface area contributed by atoms with E-state index in [2.05, 4.69) is 11.4 Å². The molecular weight excluding hydrogens is 374 g/mol. The minimum absolute atomic E-state index is 0.141. The van der Waals surface area contributed by atoms with Crippen LogP contribution in [0.5, 0.6) is 0 Å². The van der Waals surface area contributed by atoms with Crippen LogP contribution in [-0.4, -0.2) is 30.7 Å². The summed E-state index contributed by atoms with van der Waals surface area (Å²) in [5.74, 6) is -0.141. The summed E-state index contributed by atoms with van der Waals surface area (Å²) in [6.07, 6.45) is -0.524. The van der Waals surface area contributed by atoms with E-state index < -0.39 is 11.7 Å². The summed E-state index contributed by atoms with van der Waals surface area (Å²) < 4.78 is 5.24. The Morgan fingerprint density at radius 2 is 1.96 bits per heavy atom. The molecule has 1 aliphatic rings. The number of anilines is 1. The van der Waals surface area contributed by atoms with Crippen molar-refractivity contribution < 1.29 is 14.3 Å². The summed E-state index contributed by atoms with van der Waals surface area (Å²) in [5, 5.41) is 11.9. The minimum Gasteiger partial charge on any atom is -0.444 e. The van der Waals surface area contributed by atoms with Crippen LogP contribution in [0, 0.1) is 11.3 Å². The van der Waals surface area contributed by atoms with E-state index in [-0.39, 0.29) is 19.0 Å². The van der Waals surface area contributed by atoms with Crippen LogP contribution in [0.15, 0.2) is 52.3 Å². The minimum atomic E-state index is -0.585. The number of amides is 2. The smallest absolute Gasteiger partial charge is 0.407 e. The van der Waals surface area contributed by atoms with E-state index in [1.54, 1.807) is 49.9 Å². The molecular formula is C21H21N3O3S. The lowest BCUT2D eigenvalue weighted by atomic mass is 10.1. The van der Waals surface area contributed by atoms with E-state index in [4.69, 9.17) is 4.74 Å². The van der Waals surface area contributed by atoms with Gasteiger partial charge in [0.1, 0.15) is 5.60 Å². The lowest BCUT2D eigenvalue weighted by Crippen LogP contribution is -2.40. The van der Waals surface area contributed by atoms with Crippen molar-refractivity contribution in [3.8, 4) is 6.07 Å². The quantitative estimate of drug-likeness (QED) is 0.842. The highest BCUT2D eigenvalue weighted by Gasteiger charge is 2.27. The number of hydrogen-bond donors (Lipinski definition) is 1. The van der Waals surface area contributed by atoms with Crippen LogP contribution in [0.3, 0.4) is 0 Å². The second-order valence-corrected chi connectivity index (χ2v) is 8.36. The Hall–Kier alpha value is -2.98. The van der Waals surface area contributed by atoms with Crippen LogP contribution in [-0.2, 0) is 4.74 Å². The first kappa shape index (κ1) is 19.8. The van der Waals surface area contributed by atoms with Crippen molar-refractivity contribution in [1.82, 2.24) is 5.32 Å². The van der Waals surface area contributed by atoms with Gasteiger partial charge in [-0.05, 0) is 51.1 Å². The summed E-state index contributed by atoms with van der Waals surface area (Å²) in [5.41, 5.74) is 1.26. The second kappa shape index (κ2) is 7.95. The molecule has 1 aliphatic heterocycles. The Kier molecular flexibility index (Phi) is 5.61. The molecule has 0 saturated heterocycles. The standard InChI is InChI=1S/C21H21N3O3S/c1-21(2,3)27-20(26)23-10-11-24-16-9-8-14(13-22)12-18(16)28-17-7-5-4-6-15(17)19(24)25/h4-9,12H,10-11H2,1-3H3,(H,23,26). The van der Waals surface area contributed by atoms with Gasteiger partial charge in [-0.15, -0.1) is 0 Å². The van der Waals surface area contributed by atoms with Gasteiger partial charge in [0.15, 0.2) is 0 Å². The fourth-order valence-corrected chi connectivity index (χ4v) is 3.92. The first-order chi connectivity index (χ1) is 13.3. The van der Waals surface area contributed by atoms with Crippen LogP contribution in [0.1, 0.15) is 36.7 Å². The SMILES string of the molecule is CC(C)(C)OC(=O)NCCN1C(=O)c2ccccc2Sc2cc(C#N)ccc21. The molecule has 3 rings (SSSR count). The number of fused-ring (bicyclic) bond motifs is 2. The zero-order valence-electron chi connectivity index (χ0n) is 16.0. The Morgan fingerprint density at radius 3 is 2.68 bits per heavy atom. The molecule has 2 aromatic carbocycles. The molecule has 2 amide bonds. The fraction of sp³-hybridized carbons (Fsp3) is 0.286. The molecule has 0 unspecified atom stereocenters. The molecule has 0 aromatic heterocycles. The monoisotopic (exact) mass is 395 g/mol. The van der Waals surface area contributed by atoms with Crippen molar-refractivity contribution in [1.29, 1.82) is 5.26 Å². The van der Waals surface area contributed by atoms with E-state index >= 15 is 0 Å². The van der Waals surface area contributed by atoms with E-state index in [0.717, 1.165) is 15.5 Å². The predicted molar refractivity (Wildman–Crippen MR) is 108 cm³/mol. The number of benzene rings is 2. The van der Waals surface area contributed by atoms with Crippen molar-refractivity contribution in [2.75, 3.05) is 18.0 Å². The first-order valence-electron chi connectivity index (χ1n) is 8.88. The van der Waals surface area contributed by atoms with Crippen LogP contribution < -0.4 is 10.2 Å². The summed E-state index contributed by atoms with van der Waals surface area (Å²) in [7, 11) is 0. The van der Waals surface area contributed by atoms with Gasteiger partial charge in [0.05, 0.1) is 22.9 Å². The fourth-order valence-electron chi connectivity index (χ4n) is 2.80. The molecule has 0 radical (unpaired) electrons. The molecule has 0 atom stereocenters. The van der Waals surface area contributed by atoms with Crippen LogP contribution in [0.2, 0.25) is 0 Å². The van der Waals surface area contributed by atoms with Crippen LogP contribution >= 0.6 is 11.8 Å². The Morgan fingerprint density at radius 1 is 1.21 bits per heavy atom. The van der Waals surface area contributed by atoms with Gasteiger partial charge in [0.2, 0.25) is 0 Å². The number of hydrogen-bond acceptors (Lipinski definition) is 5. The van der Waals surface area contributed by atoms with E-state index in [0.29, 0.717) is 11.1 Å². The number of nitriles is 1. The molecule has 28 heavy (non-hydrogen) atoms. The number of alkyl carbamates (subject to hydrolysis) is 1. The summed E-state index contributed by atoms with van der Waals surface area (Å²) >= 11 is 1.46. The van der Waals surface area contributed by atoms with Gasteiger partial charge in [-0.2, -0.15) is 5.26 Å². The molecule has 0 saturated carbocycles. The summed E-state index contributed by atoms with van der Waals surface area (Å²) in [6, 6.07) is 14.8. The van der Waals surface area contributed by atoms with Gasteiger partial charge >= 0.3 is 6.09 Å². The average Bonchev–Trinajstić information content (AvgIpc) is 2.75. The maximum Gasteiger partial charge on any atom is 0.407 e. The zero-order chi connectivity index (χ0) is 20.3. The maximum atomic E-state index is 13.2. The normalized spacial score (nSPS) is 13.1. The molecule has 1 N–H and O–H groups in total. The maximum absolute atomic E-state index is 13.2. The Balaban J connectivity index is 1.86. The molecule has 0 spiro atoms. The van der Waals surface area contributed by atoms with E-state index in [1.165, 1.54) is 11.8 Å². The third-order valence-electron chi connectivity index (χ3n) is 3.97. The molecule has 7 heteroatoms. The molecule has 0 fully saturated rings. The highest BCUT2D eigenvalue weighted by Crippen LogP contribution is 2.41. The van der Waals surface area contributed by atoms with Gasteiger partial charge < -0.3 is 15.0 Å². The third kappa shape index (κ3) is 4.46. The first-order valence-corrected chi connectivity index (χ1v) is 9.70. The van der Waals surface area contributed by atoms with Crippen molar-refractivity contribution in [3.05, 3.63) is 53.6 Å². The molecule has 0 bridgehead atoms. The predicted octanol–water partition coefficient (Wildman–Crippen LogP) is 4.19. The zero-order valence-corrected chi connectivity index (χ0v) is 16.8. The van der Waals surface area contributed by atoms with Gasteiger partial charge in [0, 0.05) is 22.9 Å². The van der Waals surface area contributed by atoms with Gasteiger partial charge in [-0.25, -0.2) is 4.79 Å². The highest BCUT2D eigenvalue weighted by atomic mass is 32.2. The van der Waals surface area contributed by atoms with Crippen molar-refractivity contribution >= 4 is 29.4 Å². The largest absolute Gasteiger partial charge is 0.444 e. The van der Waals surface area contributed by atoms with Gasteiger partial charge in [-0.3, -0.25) is 4.79 Å². The molecule has 144 valence electrons. The molecule has 1 heterocycles. The van der Waals surface area contributed by atoms with Crippen molar-refractivity contribution in [2.45, 2.75) is 36.2 Å². The lowest BCUT2D eigenvalue weighted by Gasteiger charge is -2.24. The van der Waals surface area contributed by atoms with Crippen LogP contribution in [0.25, 0.3) is 0 Å². The van der Waals surface area contributed by atoms with Crippen LogP contribution in [0.4, 0.5) is 10.5 Å². The highest BCUT2D eigenvalue weighted by molar-refractivity contribution is 7.99. The molecule has 0 aliphatic carbocycles. The lowest BCUT2D eigenvalue weighted by molar-refractivity contribution is 0.0528. The number of carbonyl (C=O) groups is 2. The van der Waals surface area contributed by atoms with Gasteiger partial charge in [-0.1, -0.05) is 23.9 Å². The Bertz CT molecular complexity index is 960. The number of nitrogens with zero attached hydrogens (tertiary/aromatic N) is 2. The Labute approximate surface area is 168 Å². The summed E-state index contributed by atoms with van der Waals surface area (Å²) in [6.45, 7) is 5.91. The second-order valence-electron chi connectivity index (χ2n) is 7.28. The topological polar surface area (TPSA) is 82.4 Å². The summed E-state index contributed by atoms with van der Waals surface area (Å²) in [4.78, 5) is 28.4. The number of ether oxygens (including phenoxy) is 1. The van der Waals surface area contributed by atoms with Crippen molar-refractivity contribution in [2.24, 2.45) is 0 Å². The van der Waals surface area contributed by atoms with E-state index in [9.17, 15) is 14.9 Å². The molecule has 2 aromatic rings. The van der Waals surface area contributed by atoms with Crippen molar-refractivity contribution in [3.63, 3.8) is 0 Å². The number of nitrogens with one attached hydrogen (secondary N) is 1. The average molecular weight is 395 g/mol.